The van der Waals surface area contributed by atoms with Crippen molar-refractivity contribution in [3.05, 3.63) is 58.6 Å². The van der Waals surface area contributed by atoms with Crippen LogP contribution in [0.25, 0.3) is 0 Å². The van der Waals surface area contributed by atoms with E-state index in [9.17, 15) is 18.0 Å². The first-order valence-electron chi connectivity index (χ1n) is 12.5. The Morgan fingerprint density at radius 2 is 1.79 bits per heavy atom. The number of halogens is 1. The largest absolute Gasteiger partial charge is 0.444 e. The number of amides is 2. The minimum atomic E-state index is -3.71. The SMILES string of the molecule is C[C@H](COS(C)(=O)=O)N(Cc1ccccc1NC(=O)c1ccc(N2CCCC2)cc1Cl)C(=O)OC(C)(C)C. The lowest BCUT2D eigenvalue weighted by Gasteiger charge is -2.32. The fourth-order valence-corrected chi connectivity index (χ4v) is 4.75. The van der Waals surface area contributed by atoms with Gasteiger partial charge in [0, 0.05) is 24.5 Å². The summed E-state index contributed by atoms with van der Waals surface area (Å²) >= 11 is 6.49. The lowest BCUT2D eigenvalue weighted by atomic mass is 10.1. The highest BCUT2D eigenvalue weighted by atomic mass is 35.5. The van der Waals surface area contributed by atoms with Crippen LogP contribution in [0.1, 0.15) is 56.5 Å². The molecule has 1 heterocycles. The third kappa shape index (κ3) is 8.61. The van der Waals surface area contributed by atoms with Crippen LogP contribution in [0, 0.1) is 0 Å². The van der Waals surface area contributed by atoms with Crippen LogP contribution in [0.15, 0.2) is 42.5 Å². The molecule has 3 rings (SSSR count). The van der Waals surface area contributed by atoms with Crippen LogP contribution < -0.4 is 10.2 Å². The van der Waals surface area contributed by atoms with Crippen molar-refractivity contribution in [2.24, 2.45) is 0 Å². The van der Waals surface area contributed by atoms with Gasteiger partial charge in [-0.05, 0) is 70.4 Å². The molecule has 2 amide bonds. The third-order valence-electron chi connectivity index (χ3n) is 5.96. The summed E-state index contributed by atoms with van der Waals surface area (Å²) in [4.78, 5) is 29.8. The molecule has 11 heteroatoms. The second-order valence-corrected chi connectivity index (χ2v) is 12.5. The summed E-state index contributed by atoms with van der Waals surface area (Å²) in [6.07, 6.45) is 2.58. The van der Waals surface area contributed by atoms with Crippen LogP contribution in [0.5, 0.6) is 0 Å². The zero-order valence-electron chi connectivity index (χ0n) is 22.5. The number of rotatable bonds is 9. The molecule has 38 heavy (non-hydrogen) atoms. The Morgan fingerprint density at radius 3 is 2.39 bits per heavy atom. The molecule has 1 aliphatic heterocycles. The first-order chi connectivity index (χ1) is 17.7. The number of hydrogen-bond acceptors (Lipinski definition) is 7. The van der Waals surface area contributed by atoms with E-state index in [2.05, 4.69) is 10.2 Å². The molecule has 0 saturated carbocycles. The zero-order valence-corrected chi connectivity index (χ0v) is 24.1. The van der Waals surface area contributed by atoms with Gasteiger partial charge in [-0.3, -0.25) is 13.9 Å². The van der Waals surface area contributed by atoms with Gasteiger partial charge in [-0.15, -0.1) is 0 Å². The third-order valence-corrected chi connectivity index (χ3v) is 6.84. The number of nitrogens with zero attached hydrogens (tertiary/aromatic N) is 2. The van der Waals surface area contributed by atoms with Crippen molar-refractivity contribution in [3.8, 4) is 0 Å². The molecule has 1 saturated heterocycles. The average Bonchev–Trinajstić information content (AvgIpc) is 3.35. The Balaban J connectivity index is 1.81. The van der Waals surface area contributed by atoms with Crippen molar-refractivity contribution < 1.29 is 26.9 Å². The summed E-state index contributed by atoms with van der Waals surface area (Å²) in [5.74, 6) is -0.382. The minimum absolute atomic E-state index is 0.0429. The molecule has 0 spiro atoms. The van der Waals surface area contributed by atoms with Gasteiger partial charge in [0.2, 0.25) is 0 Å². The standard InChI is InChI=1S/C27H36ClN3O6S/c1-19(18-36-38(5,34)35)31(26(33)37-27(2,3)4)17-20-10-6-7-11-24(20)29-25(32)22-13-12-21(16-23(22)28)30-14-8-9-15-30/h6-7,10-13,16,19H,8-9,14-15,17-18H2,1-5H3,(H,29,32)/t19-/m1/s1. The molecule has 1 aliphatic rings. The molecule has 0 aromatic heterocycles. The van der Waals surface area contributed by atoms with Crippen molar-refractivity contribution in [3.63, 3.8) is 0 Å². The second-order valence-electron chi connectivity index (χ2n) is 10.4. The molecule has 1 N–H and O–H groups in total. The van der Waals surface area contributed by atoms with Crippen molar-refractivity contribution >= 4 is 45.1 Å². The summed E-state index contributed by atoms with van der Waals surface area (Å²) < 4.78 is 33.6. The Morgan fingerprint density at radius 1 is 1.13 bits per heavy atom. The number of nitrogens with one attached hydrogen (secondary N) is 1. The Bertz CT molecular complexity index is 1260. The van der Waals surface area contributed by atoms with Gasteiger partial charge in [0.05, 0.1) is 36.0 Å². The fourth-order valence-electron chi connectivity index (χ4n) is 4.05. The number of anilines is 2. The van der Waals surface area contributed by atoms with Gasteiger partial charge in [0.15, 0.2) is 0 Å². The Kier molecular flexibility index (Phi) is 9.67. The predicted molar refractivity (Wildman–Crippen MR) is 149 cm³/mol. The molecule has 0 aliphatic carbocycles. The second kappa shape index (κ2) is 12.4. The van der Waals surface area contributed by atoms with E-state index in [4.69, 9.17) is 20.5 Å². The smallest absolute Gasteiger partial charge is 0.410 e. The van der Waals surface area contributed by atoms with Crippen LogP contribution in [0.2, 0.25) is 5.02 Å². The van der Waals surface area contributed by atoms with Gasteiger partial charge in [-0.1, -0.05) is 29.8 Å². The lowest BCUT2D eigenvalue weighted by molar-refractivity contribution is 0.0110. The lowest BCUT2D eigenvalue weighted by Crippen LogP contribution is -2.44. The summed E-state index contributed by atoms with van der Waals surface area (Å²) in [7, 11) is -3.71. The van der Waals surface area contributed by atoms with Crippen LogP contribution in [-0.2, 0) is 25.6 Å². The molecule has 0 bridgehead atoms. The van der Waals surface area contributed by atoms with Crippen LogP contribution in [0.3, 0.4) is 0 Å². The number of carbonyl (C=O) groups is 2. The fraction of sp³-hybridized carbons (Fsp3) is 0.481. The van der Waals surface area contributed by atoms with E-state index in [0.29, 0.717) is 21.8 Å². The van der Waals surface area contributed by atoms with Crippen molar-refractivity contribution in [1.82, 2.24) is 4.90 Å². The first kappa shape index (κ1) is 29.7. The molecular formula is C27H36ClN3O6S. The molecule has 1 atom stereocenters. The van der Waals surface area contributed by atoms with Crippen LogP contribution >= 0.6 is 11.6 Å². The maximum Gasteiger partial charge on any atom is 0.410 e. The highest BCUT2D eigenvalue weighted by Crippen LogP contribution is 2.28. The van der Waals surface area contributed by atoms with Crippen LogP contribution in [-0.4, -0.2) is 62.9 Å². The van der Waals surface area contributed by atoms with Gasteiger partial charge in [-0.25, -0.2) is 4.79 Å². The van der Waals surface area contributed by atoms with Gasteiger partial charge >= 0.3 is 6.09 Å². The van der Waals surface area contributed by atoms with Crippen molar-refractivity contribution in [1.29, 1.82) is 0 Å². The van der Waals surface area contributed by atoms with Crippen LogP contribution in [0.4, 0.5) is 16.2 Å². The molecule has 2 aromatic rings. The molecule has 1 fully saturated rings. The summed E-state index contributed by atoms with van der Waals surface area (Å²) in [5, 5.41) is 3.25. The summed E-state index contributed by atoms with van der Waals surface area (Å²) in [6.45, 7) is 8.63. The number of benzene rings is 2. The first-order valence-corrected chi connectivity index (χ1v) is 14.7. The van der Waals surface area contributed by atoms with E-state index in [1.807, 2.05) is 6.07 Å². The van der Waals surface area contributed by atoms with Crippen molar-refractivity contribution in [2.45, 2.75) is 58.7 Å². The average molecular weight is 566 g/mol. The number of hydrogen-bond donors (Lipinski definition) is 1. The zero-order chi connectivity index (χ0) is 28.1. The minimum Gasteiger partial charge on any atom is -0.444 e. The summed E-state index contributed by atoms with van der Waals surface area (Å²) in [6, 6.07) is 11.8. The molecule has 0 radical (unpaired) electrons. The van der Waals surface area contributed by atoms with E-state index in [0.717, 1.165) is 37.9 Å². The van der Waals surface area contributed by atoms with Gasteiger partial charge < -0.3 is 15.0 Å². The number of para-hydroxylation sites is 1. The van der Waals surface area contributed by atoms with E-state index < -0.39 is 27.9 Å². The highest BCUT2D eigenvalue weighted by molar-refractivity contribution is 7.85. The molecular weight excluding hydrogens is 530 g/mol. The molecule has 208 valence electrons. The normalized spacial score (nSPS) is 14.7. The topological polar surface area (TPSA) is 105 Å². The van der Waals surface area contributed by atoms with E-state index in [1.54, 1.807) is 64.1 Å². The molecule has 2 aromatic carbocycles. The number of ether oxygens (including phenoxy) is 1. The Labute approximate surface area is 230 Å². The quantitative estimate of drug-likeness (QED) is 0.412. The predicted octanol–water partition coefficient (Wildman–Crippen LogP) is 5.29. The monoisotopic (exact) mass is 565 g/mol. The molecule has 0 unspecified atom stereocenters. The maximum atomic E-state index is 13.2. The van der Waals surface area contributed by atoms with Gasteiger partial charge in [0.1, 0.15) is 5.60 Å². The summed E-state index contributed by atoms with van der Waals surface area (Å²) in [5.41, 5.74) is 1.68. The van der Waals surface area contributed by atoms with Gasteiger partial charge in [-0.2, -0.15) is 8.42 Å². The highest BCUT2D eigenvalue weighted by Gasteiger charge is 2.28. The molecule has 9 nitrogen and oxygen atoms in total. The van der Waals surface area contributed by atoms with E-state index in [1.165, 1.54) is 4.90 Å². The van der Waals surface area contributed by atoms with Gasteiger partial charge in [0.25, 0.3) is 16.0 Å². The maximum absolute atomic E-state index is 13.2. The van der Waals surface area contributed by atoms with Crippen molar-refractivity contribution in [2.75, 3.05) is 36.2 Å². The number of carbonyl (C=O) groups excluding carboxylic acids is 2. The Hall–Kier alpha value is -2.82. The van der Waals surface area contributed by atoms with E-state index in [-0.39, 0.29) is 19.1 Å². The van der Waals surface area contributed by atoms with E-state index >= 15 is 0 Å².